The second-order valence-electron chi connectivity index (χ2n) is 2.55. The summed E-state index contributed by atoms with van der Waals surface area (Å²) in [5.41, 5.74) is 6.31. The topological polar surface area (TPSA) is 72.5 Å². The van der Waals surface area contributed by atoms with Crippen LogP contribution in [0.3, 0.4) is 0 Å². The summed E-state index contributed by atoms with van der Waals surface area (Å²) in [4.78, 5) is 0. The molecule has 76 valence electrons. The second-order valence-corrected chi connectivity index (χ2v) is 3.17. The lowest BCUT2D eigenvalue weighted by Crippen LogP contribution is -2.21. The van der Waals surface area contributed by atoms with Gasteiger partial charge in [-0.15, -0.1) is 0 Å². The predicted molar refractivity (Wildman–Crippen MR) is 55.3 cm³/mol. The molecule has 1 aromatic carbocycles. The van der Waals surface area contributed by atoms with Crippen molar-refractivity contribution in [3.05, 3.63) is 42.0 Å². The van der Waals surface area contributed by atoms with Crippen molar-refractivity contribution in [3.8, 4) is 0 Å². The van der Waals surface area contributed by atoms with E-state index in [2.05, 4.69) is 4.18 Å². The number of benzene rings is 1. The highest BCUT2D eigenvalue weighted by molar-refractivity contribution is 7.74. The Balaban J connectivity index is 2.52. The van der Waals surface area contributed by atoms with E-state index in [4.69, 9.17) is 10.3 Å². The highest BCUT2D eigenvalue weighted by Crippen LogP contribution is 2.02. The molecule has 0 fully saturated rings. The summed E-state index contributed by atoms with van der Waals surface area (Å²) < 4.78 is 22.9. The lowest BCUT2D eigenvalue weighted by Gasteiger charge is -2.02. The third-order valence-electron chi connectivity index (χ3n) is 1.47. The largest absolute Gasteiger partial charge is 0.303 e. The van der Waals surface area contributed by atoms with Crippen molar-refractivity contribution in [1.82, 2.24) is 0 Å². The van der Waals surface area contributed by atoms with E-state index >= 15 is 0 Å². The van der Waals surface area contributed by atoms with Gasteiger partial charge in [0.2, 0.25) is 0 Å². The van der Waals surface area contributed by atoms with Gasteiger partial charge < -0.3 is 5.73 Å². The zero-order valence-electron chi connectivity index (χ0n) is 7.37. The molecule has 0 aliphatic carbocycles. The van der Waals surface area contributed by atoms with Crippen molar-refractivity contribution in [3.63, 3.8) is 0 Å². The summed E-state index contributed by atoms with van der Waals surface area (Å²) in [6.45, 7) is 0. The van der Waals surface area contributed by atoms with Crippen LogP contribution >= 0.6 is 0 Å². The van der Waals surface area contributed by atoms with Gasteiger partial charge >= 0.3 is 11.4 Å². The Morgan fingerprint density at radius 2 is 2.07 bits per heavy atom. The fourth-order valence-corrected chi connectivity index (χ4v) is 1.15. The number of hydrogen-bond acceptors (Lipinski definition) is 3. The quantitative estimate of drug-likeness (QED) is 0.581. The number of hydrogen-bond donors (Lipinski definition) is 2. The Labute approximate surface area is 84.9 Å². The van der Waals surface area contributed by atoms with Crippen LogP contribution in [0, 0.1) is 0 Å². The minimum Gasteiger partial charge on any atom is -0.302 e. The third-order valence-corrected chi connectivity index (χ3v) is 1.86. The van der Waals surface area contributed by atoms with Crippen LogP contribution < -0.4 is 5.73 Å². The molecule has 0 aliphatic rings. The molecule has 0 aliphatic heterocycles. The van der Waals surface area contributed by atoms with Crippen molar-refractivity contribution in [2.75, 3.05) is 0 Å². The maximum Gasteiger partial charge on any atom is 0.303 e. The molecule has 0 amide bonds. The molecule has 0 saturated carbocycles. The van der Waals surface area contributed by atoms with E-state index < -0.39 is 17.6 Å². The highest BCUT2D eigenvalue weighted by atomic mass is 32.2. The van der Waals surface area contributed by atoms with Crippen LogP contribution in [0.4, 0.5) is 0 Å². The SMILES string of the molecule is NC(C=Cc1ccccc1)OS(=O)O. The first-order valence-electron chi connectivity index (χ1n) is 3.95. The Bertz CT molecular complexity index is 326. The molecule has 2 atom stereocenters. The van der Waals surface area contributed by atoms with E-state index in [0.717, 1.165) is 5.56 Å². The Hall–Kier alpha value is -1.01. The van der Waals surface area contributed by atoms with Gasteiger partial charge in [-0.1, -0.05) is 36.4 Å². The zero-order chi connectivity index (χ0) is 10.4. The van der Waals surface area contributed by atoms with E-state index in [0.29, 0.717) is 0 Å². The van der Waals surface area contributed by atoms with Gasteiger partial charge in [0.25, 0.3) is 0 Å². The molecular formula is C9H11NO3S. The molecule has 0 saturated heterocycles. The van der Waals surface area contributed by atoms with Crippen LogP contribution in [-0.2, 0) is 15.5 Å². The van der Waals surface area contributed by atoms with Gasteiger partial charge in [-0.2, -0.15) is 4.21 Å². The summed E-state index contributed by atoms with van der Waals surface area (Å²) in [5.74, 6) is 0. The zero-order valence-corrected chi connectivity index (χ0v) is 8.18. The van der Waals surface area contributed by atoms with Crippen LogP contribution in [0.15, 0.2) is 36.4 Å². The maximum atomic E-state index is 10.2. The van der Waals surface area contributed by atoms with Gasteiger partial charge in [0.1, 0.15) is 6.23 Å². The molecule has 5 heteroatoms. The lowest BCUT2D eigenvalue weighted by molar-refractivity contribution is 0.256. The van der Waals surface area contributed by atoms with E-state index in [-0.39, 0.29) is 0 Å². The fraction of sp³-hybridized carbons (Fsp3) is 0.111. The average Bonchev–Trinajstić information content (AvgIpc) is 2.15. The molecule has 0 heterocycles. The van der Waals surface area contributed by atoms with Crippen molar-refractivity contribution < 1.29 is 12.9 Å². The normalized spacial score (nSPS) is 15.6. The lowest BCUT2D eigenvalue weighted by atomic mass is 10.2. The van der Waals surface area contributed by atoms with Crippen LogP contribution in [-0.4, -0.2) is 15.0 Å². The summed E-state index contributed by atoms with van der Waals surface area (Å²) in [6.07, 6.45) is 2.35. The number of nitrogens with two attached hydrogens (primary N) is 1. The molecule has 0 bridgehead atoms. The molecular weight excluding hydrogens is 202 g/mol. The van der Waals surface area contributed by atoms with Crippen LogP contribution in [0.2, 0.25) is 0 Å². The van der Waals surface area contributed by atoms with E-state index in [9.17, 15) is 4.21 Å². The first-order valence-corrected chi connectivity index (χ1v) is 4.98. The Morgan fingerprint density at radius 3 is 2.64 bits per heavy atom. The second kappa shape index (κ2) is 5.66. The van der Waals surface area contributed by atoms with E-state index in [1.807, 2.05) is 30.3 Å². The van der Waals surface area contributed by atoms with Gasteiger partial charge in [0.15, 0.2) is 0 Å². The molecule has 14 heavy (non-hydrogen) atoms. The molecule has 1 aromatic rings. The summed E-state index contributed by atoms with van der Waals surface area (Å²) in [7, 11) is 0. The first-order chi connectivity index (χ1) is 6.68. The van der Waals surface area contributed by atoms with Crippen LogP contribution in [0.25, 0.3) is 6.08 Å². The van der Waals surface area contributed by atoms with Gasteiger partial charge in [-0.3, -0.25) is 4.55 Å². The minimum absolute atomic E-state index is 0.874. The van der Waals surface area contributed by atoms with Gasteiger partial charge in [-0.25, -0.2) is 4.18 Å². The van der Waals surface area contributed by atoms with Gasteiger partial charge in [0, 0.05) is 0 Å². The average molecular weight is 213 g/mol. The minimum atomic E-state index is -2.33. The third kappa shape index (κ3) is 4.29. The number of rotatable bonds is 4. The van der Waals surface area contributed by atoms with Gasteiger partial charge in [-0.05, 0) is 11.6 Å². The maximum absolute atomic E-state index is 10.2. The van der Waals surface area contributed by atoms with Crippen molar-refractivity contribution in [1.29, 1.82) is 0 Å². The monoisotopic (exact) mass is 213 g/mol. The molecule has 4 nitrogen and oxygen atoms in total. The molecule has 1 rings (SSSR count). The van der Waals surface area contributed by atoms with Gasteiger partial charge in [0.05, 0.1) is 0 Å². The Kier molecular flexibility index (Phi) is 4.48. The summed E-state index contributed by atoms with van der Waals surface area (Å²) in [5, 5.41) is 0. The van der Waals surface area contributed by atoms with E-state index in [1.54, 1.807) is 6.08 Å². The highest BCUT2D eigenvalue weighted by Gasteiger charge is 2.00. The fourth-order valence-electron chi connectivity index (χ4n) is 0.897. The predicted octanol–water partition coefficient (Wildman–Crippen LogP) is 1.14. The molecule has 0 aromatic heterocycles. The summed E-state index contributed by atoms with van der Waals surface area (Å²) >= 11 is -2.33. The van der Waals surface area contributed by atoms with Crippen molar-refractivity contribution in [2.45, 2.75) is 6.23 Å². The Morgan fingerprint density at radius 1 is 1.43 bits per heavy atom. The van der Waals surface area contributed by atoms with Crippen LogP contribution in [0.1, 0.15) is 5.56 Å². The summed E-state index contributed by atoms with van der Waals surface area (Å²) in [6, 6.07) is 9.45. The molecule has 2 unspecified atom stereocenters. The molecule has 0 spiro atoms. The van der Waals surface area contributed by atoms with Crippen molar-refractivity contribution >= 4 is 17.4 Å². The standard InChI is InChI=1S/C9H11NO3S/c10-9(13-14(11)12)7-6-8-4-2-1-3-5-8/h1-7,9H,10H2,(H,11,12). The molecule has 0 radical (unpaired) electrons. The smallest absolute Gasteiger partial charge is 0.302 e. The van der Waals surface area contributed by atoms with Crippen LogP contribution in [0.5, 0.6) is 0 Å². The molecule has 3 N–H and O–H groups in total. The first kappa shape index (κ1) is 11.1. The van der Waals surface area contributed by atoms with E-state index in [1.165, 1.54) is 6.08 Å². The van der Waals surface area contributed by atoms with Crippen molar-refractivity contribution in [2.24, 2.45) is 5.73 Å².